The Hall–Kier alpha value is -1.88. The van der Waals surface area contributed by atoms with E-state index in [1.54, 1.807) is 20.8 Å². The molecule has 0 aliphatic carbocycles. The SMILES string of the molecule is CC(C)(C)OC(=O)C[C@H](CCOCc1ccccc1)C(=O)O. The maximum absolute atomic E-state index is 11.7. The molecule has 22 heavy (non-hydrogen) atoms. The number of ether oxygens (including phenoxy) is 2. The van der Waals surface area contributed by atoms with Gasteiger partial charge in [0.05, 0.1) is 18.9 Å². The highest BCUT2D eigenvalue weighted by Gasteiger charge is 2.24. The molecule has 0 spiro atoms. The van der Waals surface area contributed by atoms with Crippen molar-refractivity contribution in [2.45, 2.75) is 45.8 Å². The first kappa shape index (κ1) is 18.2. The first-order valence-corrected chi connectivity index (χ1v) is 7.34. The van der Waals surface area contributed by atoms with Crippen LogP contribution in [0.3, 0.4) is 0 Å². The number of rotatable bonds is 8. The van der Waals surface area contributed by atoms with Crippen LogP contribution < -0.4 is 0 Å². The van der Waals surface area contributed by atoms with Gasteiger partial charge in [0.2, 0.25) is 0 Å². The van der Waals surface area contributed by atoms with E-state index in [1.807, 2.05) is 30.3 Å². The second kappa shape index (κ2) is 8.54. The summed E-state index contributed by atoms with van der Waals surface area (Å²) in [5, 5.41) is 9.17. The van der Waals surface area contributed by atoms with E-state index in [9.17, 15) is 14.7 Å². The summed E-state index contributed by atoms with van der Waals surface area (Å²) in [5.41, 5.74) is 0.422. The molecule has 0 bridgehead atoms. The van der Waals surface area contributed by atoms with Gasteiger partial charge in [-0.25, -0.2) is 0 Å². The fourth-order valence-corrected chi connectivity index (χ4v) is 1.89. The van der Waals surface area contributed by atoms with Crippen LogP contribution in [-0.2, 0) is 25.7 Å². The standard InChI is InChI=1S/C17H24O5/c1-17(2,3)22-15(18)11-14(16(19)20)9-10-21-12-13-7-5-4-6-8-13/h4-8,14H,9-12H2,1-3H3,(H,19,20)/t14-/m0/s1. The molecule has 1 aromatic rings. The van der Waals surface area contributed by atoms with E-state index in [2.05, 4.69) is 0 Å². The van der Waals surface area contributed by atoms with Gasteiger partial charge in [-0.15, -0.1) is 0 Å². The second-order valence-electron chi connectivity index (χ2n) is 6.15. The van der Waals surface area contributed by atoms with Crippen molar-refractivity contribution < 1.29 is 24.2 Å². The van der Waals surface area contributed by atoms with Gasteiger partial charge in [0.15, 0.2) is 0 Å². The van der Waals surface area contributed by atoms with Gasteiger partial charge in [-0.2, -0.15) is 0 Å². The van der Waals surface area contributed by atoms with E-state index in [0.717, 1.165) is 5.56 Å². The summed E-state index contributed by atoms with van der Waals surface area (Å²) in [6.45, 7) is 5.98. The van der Waals surface area contributed by atoms with E-state index >= 15 is 0 Å². The Morgan fingerprint density at radius 1 is 1.18 bits per heavy atom. The molecule has 0 amide bonds. The van der Waals surface area contributed by atoms with E-state index in [-0.39, 0.29) is 19.4 Å². The summed E-state index contributed by atoms with van der Waals surface area (Å²) in [7, 11) is 0. The molecule has 0 aromatic heterocycles. The Morgan fingerprint density at radius 3 is 2.36 bits per heavy atom. The third-order valence-electron chi connectivity index (χ3n) is 2.90. The molecule has 0 fully saturated rings. The largest absolute Gasteiger partial charge is 0.481 e. The monoisotopic (exact) mass is 308 g/mol. The summed E-state index contributed by atoms with van der Waals surface area (Å²) in [5.74, 6) is -2.29. The molecule has 1 rings (SSSR count). The molecule has 5 heteroatoms. The predicted octanol–water partition coefficient (Wildman–Crippen LogP) is 3.03. The average Bonchev–Trinajstić information content (AvgIpc) is 2.41. The summed E-state index contributed by atoms with van der Waals surface area (Å²) in [6.07, 6.45) is 0.142. The van der Waals surface area contributed by atoms with Crippen molar-refractivity contribution in [1.82, 2.24) is 0 Å². The second-order valence-corrected chi connectivity index (χ2v) is 6.15. The quantitative estimate of drug-likeness (QED) is 0.590. The molecule has 0 radical (unpaired) electrons. The highest BCUT2D eigenvalue weighted by atomic mass is 16.6. The number of carboxylic acids is 1. The van der Waals surface area contributed by atoms with Crippen molar-refractivity contribution in [2.24, 2.45) is 5.92 Å². The molecular formula is C17H24O5. The minimum atomic E-state index is -1.01. The normalized spacial score (nSPS) is 12.7. The van der Waals surface area contributed by atoms with Crippen molar-refractivity contribution in [3.05, 3.63) is 35.9 Å². The van der Waals surface area contributed by atoms with Gasteiger partial charge in [-0.3, -0.25) is 9.59 Å². The van der Waals surface area contributed by atoms with Gasteiger partial charge in [0.1, 0.15) is 5.60 Å². The van der Waals surface area contributed by atoms with Crippen LogP contribution in [0.1, 0.15) is 39.2 Å². The van der Waals surface area contributed by atoms with E-state index < -0.39 is 23.5 Å². The molecule has 0 saturated carbocycles. The molecule has 0 unspecified atom stereocenters. The highest BCUT2D eigenvalue weighted by molar-refractivity contribution is 5.78. The van der Waals surface area contributed by atoms with Crippen molar-refractivity contribution in [3.63, 3.8) is 0 Å². The van der Waals surface area contributed by atoms with E-state index in [1.165, 1.54) is 0 Å². The minimum absolute atomic E-state index is 0.138. The summed E-state index contributed by atoms with van der Waals surface area (Å²) in [4.78, 5) is 22.9. The maximum atomic E-state index is 11.7. The van der Waals surface area contributed by atoms with Crippen molar-refractivity contribution in [3.8, 4) is 0 Å². The molecule has 0 aliphatic heterocycles. The van der Waals surface area contributed by atoms with Crippen LogP contribution in [-0.4, -0.2) is 29.3 Å². The van der Waals surface area contributed by atoms with Gasteiger partial charge < -0.3 is 14.6 Å². The van der Waals surface area contributed by atoms with Crippen LogP contribution in [0, 0.1) is 5.92 Å². The van der Waals surface area contributed by atoms with E-state index in [0.29, 0.717) is 6.61 Å². The maximum Gasteiger partial charge on any atom is 0.307 e. The lowest BCUT2D eigenvalue weighted by molar-refractivity contribution is -0.160. The Labute approximate surface area is 131 Å². The van der Waals surface area contributed by atoms with Gasteiger partial charge in [-0.05, 0) is 32.8 Å². The van der Waals surface area contributed by atoms with Gasteiger partial charge in [-0.1, -0.05) is 30.3 Å². The Kier molecular flexibility index (Phi) is 7.05. The lowest BCUT2D eigenvalue weighted by Gasteiger charge is -2.21. The molecule has 0 saturated heterocycles. The number of aliphatic carboxylic acids is 1. The Bertz CT molecular complexity index is 476. The Balaban J connectivity index is 2.35. The molecule has 1 N–H and O–H groups in total. The zero-order chi connectivity index (χ0) is 16.6. The first-order chi connectivity index (χ1) is 10.3. The fourth-order valence-electron chi connectivity index (χ4n) is 1.89. The van der Waals surface area contributed by atoms with Crippen LogP contribution in [0.15, 0.2) is 30.3 Å². The number of esters is 1. The lowest BCUT2D eigenvalue weighted by Crippen LogP contribution is -2.27. The highest BCUT2D eigenvalue weighted by Crippen LogP contribution is 2.15. The van der Waals surface area contributed by atoms with Crippen LogP contribution in [0.4, 0.5) is 0 Å². The smallest absolute Gasteiger partial charge is 0.307 e. The molecule has 1 aromatic carbocycles. The molecular weight excluding hydrogens is 284 g/mol. The molecule has 5 nitrogen and oxygen atoms in total. The third kappa shape index (κ3) is 7.78. The molecule has 122 valence electrons. The third-order valence-corrected chi connectivity index (χ3v) is 2.90. The van der Waals surface area contributed by atoms with Gasteiger partial charge >= 0.3 is 11.9 Å². The predicted molar refractivity (Wildman–Crippen MR) is 82.3 cm³/mol. The number of hydrogen-bond acceptors (Lipinski definition) is 4. The first-order valence-electron chi connectivity index (χ1n) is 7.34. The van der Waals surface area contributed by atoms with Gasteiger partial charge in [0, 0.05) is 6.61 Å². The number of carbonyl (C=O) groups is 2. The van der Waals surface area contributed by atoms with Crippen molar-refractivity contribution >= 4 is 11.9 Å². The van der Waals surface area contributed by atoms with Crippen LogP contribution in [0.2, 0.25) is 0 Å². The summed E-state index contributed by atoms with van der Waals surface area (Å²) < 4.78 is 10.6. The summed E-state index contributed by atoms with van der Waals surface area (Å²) >= 11 is 0. The van der Waals surface area contributed by atoms with Crippen LogP contribution >= 0.6 is 0 Å². The lowest BCUT2D eigenvalue weighted by atomic mass is 10.0. The van der Waals surface area contributed by atoms with Crippen LogP contribution in [0.25, 0.3) is 0 Å². The Morgan fingerprint density at radius 2 is 1.82 bits per heavy atom. The summed E-state index contributed by atoms with van der Waals surface area (Å²) in [6, 6.07) is 9.64. The van der Waals surface area contributed by atoms with Crippen molar-refractivity contribution in [1.29, 1.82) is 0 Å². The van der Waals surface area contributed by atoms with Crippen LogP contribution in [0.5, 0.6) is 0 Å². The number of benzene rings is 1. The minimum Gasteiger partial charge on any atom is -0.481 e. The average molecular weight is 308 g/mol. The fraction of sp³-hybridized carbons (Fsp3) is 0.529. The molecule has 0 aliphatic rings. The topological polar surface area (TPSA) is 72.8 Å². The van der Waals surface area contributed by atoms with Crippen molar-refractivity contribution in [2.75, 3.05) is 6.61 Å². The van der Waals surface area contributed by atoms with Gasteiger partial charge in [0.25, 0.3) is 0 Å². The zero-order valence-corrected chi connectivity index (χ0v) is 13.4. The molecule has 1 atom stereocenters. The number of carbonyl (C=O) groups excluding carboxylic acids is 1. The zero-order valence-electron chi connectivity index (χ0n) is 13.4. The molecule has 0 heterocycles. The number of carboxylic acid groups (broad SMARTS) is 1. The van der Waals surface area contributed by atoms with E-state index in [4.69, 9.17) is 9.47 Å². The number of hydrogen-bond donors (Lipinski definition) is 1.